The van der Waals surface area contributed by atoms with Crippen molar-refractivity contribution in [3.8, 4) is 0 Å². The van der Waals surface area contributed by atoms with Gasteiger partial charge in [0.1, 0.15) is 0 Å². The maximum Gasteiger partial charge on any atom is 0.430 e. The minimum atomic E-state index is -5.34. The van der Waals surface area contributed by atoms with Gasteiger partial charge in [-0.1, -0.05) is 6.92 Å². The van der Waals surface area contributed by atoms with E-state index in [2.05, 4.69) is 9.47 Å². The van der Waals surface area contributed by atoms with Gasteiger partial charge >= 0.3 is 18.1 Å². The van der Waals surface area contributed by atoms with Crippen molar-refractivity contribution in [1.82, 2.24) is 0 Å². The summed E-state index contributed by atoms with van der Waals surface area (Å²) < 4.78 is 55.8. The van der Waals surface area contributed by atoms with Gasteiger partial charge in [-0.3, -0.25) is 0 Å². The maximum atomic E-state index is 12.4. The quantitative estimate of drug-likeness (QED) is 0.555. The van der Waals surface area contributed by atoms with Crippen LogP contribution >= 0.6 is 0 Å². The van der Waals surface area contributed by atoms with E-state index < -0.39 is 30.4 Å². The van der Waals surface area contributed by atoms with Crippen molar-refractivity contribution in [2.75, 3.05) is 7.11 Å². The molecule has 94 valence electrons. The third-order valence-electron chi connectivity index (χ3n) is 1.59. The molecule has 0 saturated heterocycles. The van der Waals surface area contributed by atoms with Crippen LogP contribution in [0, 0.1) is 0 Å². The number of halogens is 4. The highest BCUT2D eigenvalue weighted by molar-refractivity contribution is 5.81. The predicted octanol–water partition coefficient (Wildman–Crippen LogP) is 1.38. The molecular weight excluding hydrogens is 236 g/mol. The van der Waals surface area contributed by atoms with Gasteiger partial charge in [0, 0.05) is 0 Å². The third-order valence-corrected chi connectivity index (χ3v) is 1.59. The van der Waals surface area contributed by atoms with E-state index in [4.69, 9.17) is 0 Å². The summed E-state index contributed by atoms with van der Waals surface area (Å²) in [6, 6.07) is 0. The molecule has 0 radical (unpaired) electrons. The van der Waals surface area contributed by atoms with Crippen LogP contribution < -0.4 is 0 Å². The summed E-state index contributed by atoms with van der Waals surface area (Å²) in [7, 11) is 0.968. The number of ether oxygens (including phenoxy) is 2. The molecule has 0 aliphatic rings. The molecule has 0 spiro atoms. The predicted molar refractivity (Wildman–Crippen MR) is 43.1 cm³/mol. The molecule has 0 fully saturated rings. The molecule has 0 N–H and O–H groups in total. The highest BCUT2D eigenvalue weighted by Gasteiger charge is 2.47. The molecule has 0 aliphatic heterocycles. The number of hydrogen-bond acceptors (Lipinski definition) is 4. The van der Waals surface area contributed by atoms with Gasteiger partial charge in [-0.25, -0.2) is 14.0 Å². The summed E-state index contributed by atoms with van der Waals surface area (Å²) in [5.74, 6) is -3.19. The zero-order valence-corrected chi connectivity index (χ0v) is 8.51. The minimum Gasteiger partial charge on any atom is -0.466 e. The number of rotatable bonds is 4. The van der Waals surface area contributed by atoms with Crippen molar-refractivity contribution in [2.24, 2.45) is 0 Å². The molecular formula is C8H10F4O4. The van der Waals surface area contributed by atoms with Crippen molar-refractivity contribution in [2.45, 2.75) is 31.8 Å². The van der Waals surface area contributed by atoms with E-state index in [-0.39, 0.29) is 6.42 Å². The molecule has 0 aromatic rings. The number of hydrogen-bond donors (Lipinski definition) is 0. The molecule has 0 saturated carbocycles. The van der Waals surface area contributed by atoms with Gasteiger partial charge in [-0.2, -0.15) is 13.2 Å². The SMILES string of the molecule is CCC(OC(=O)C(F)C(F)(F)F)C(=O)OC. The Hall–Kier alpha value is -1.34. The summed E-state index contributed by atoms with van der Waals surface area (Å²) in [6.07, 6.45) is -10.7. The summed E-state index contributed by atoms with van der Waals surface area (Å²) in [4.78, 5) is 21.5. The first-order valence-electron chi connectivity index (χ1n) is 4.23. The third kappa shape index (κ3) is 4.03. The molecule has 0 heterocycles. The van der Waals surface area contributed by atoms with Gasteiger partial charge in [0.05, 0.1) is 7.11 Å². The van der Waals surface area contributed by atoms with E-state index in [1.165, 1.54) is 6.92 Å². The standard InChI is InChI=1S/C8H10F4O4/c1-3-4(6(13)15-2)16-7(14)5(9)8(10,11)12/h4-5H,3H2,1-2H3. The summed E-state index contributed by atoms with van der Waals surface area (Å²) >= 11 is 0. The molecule has 8 heteroatoms. The van der Waals surface area contributed by atoms with E-state index >= 15 is 0 Å². The van der Waals surface area contributed by atoms with Crippen LogP contribution in [0.25, 0.3) is 0 Å². The lowest BCUT2D eigenvalue weighted by Crippen LogP contribution is -2.38. The monoisotopic (exact) mass is 246 g/mol. The van der Waals surface area contributed by atoms with Gasteiger partial charge in [0.15, 0.2) is 6.10 Å². The zero-order valence-electron chi connectivity index (χ0n) is 8.51. The fourth-order valence-corrected chi connectivity index (χ4v) is 0.763. The Labute approximate surface area is 88.5 Å². The van der Waals surface area contributed by atoms with E-state index in [0.717, 1.165) is 7.11 Å². The second-order valence-corrected chi connectivity index (χ2v) is 2.76. The Kier molecular flexibility index (Phi) is 5.19. The Bertz CT molecular complexity index is 263. The Morgan fingerprint density at radius 3 is 2.06 bits per heavy atom. The van der Waals surface area contributed by atoms with Crippen molar-refractivity contribution < 1.29 is 36.6 Å². The van der Waals surface area contributed by atoms with E-state index in [9.17, 15) is 27.2 Å². The average Bonchev–Trinajstić information content (AvgIpc) is 2.21. The smallest absolute Gasteiger partial charge is 0.430 e. The minimum absolute atomic E-state index is 0.108. The number of esters is 2. The molecule has 0 aliphatic carbocycles. The number of carbonyl (C=O) groups excluding carboxylic acids is 2. The molecule has 16 heavy (non-hydrogen) atoms. The van der Waals surface area contributed by atoms with Crippen molar-refractivity contribution in [1.29, 1.82) is 0 Å². The molecule has 0 rings (SSSR count). The summed E-state index contributed by atoms with van der Waals surface area (Å²) in [5.41, 5.74) is 0. The fourth-order valence-electron chi connectivity index (χ4n) is 0.763. The molecule has 2 unspecified atom stereocenters. The highest BCUT2D eigenvalue weighted by Crippen LogP contribution is 2.24. The largest absolute Gasteiger partial charge is 0.466 e. The van der Waals surface area contributed by atoms with E-state index in [1.54, 1.807) is 0 Å². The topological polar surface area (TPSA) is 52.6 Å². The lowest BCUT2D eigenvalue weighted by Gasteiger charge is -2.16. The van der Waals surface area contributed by atoms with Crippen LogP contribution in [-0.4, -0.2) is 37.5 Å². The fraction of sp³-hybridized carbons (Fsp3) is 0.750. The molecule has 0 aromatic heterocycles. The van der Waals surface area contributed by atoms with Gasteiger partial charge in [0.2, 0.25) is 0 Å². The summed E-state index contributed by atoms with van der Waals surface area (Å²) in [6.45, 7) is 1.37. The average molecular weight is 246 g/mol. The molecule has 0 amide bonds. The first-order valence-corrected chi connectivity index (χ1v) is 4.23. The second kappa shape index (κ2) is 5.66. The van der Waals surface area contributed by atoms with Crippen LogP contribution in [-0.2, 0) is 19.1 Å². The number of alkyl halides is 4. The highest BCUT2D eigenvalue weighted by atomic mass is 19.4. The zero-order chi connectivity index (χ0) is 12.9. The van der Waals surface area contributed by atoms with Crippen LogP contribution in [0.1, 0.15) is 13.3 Å². The van der Waals surface area contributed by atoms with E-state index in [0.29, 0.717) is 0 Å². The lowest BCUT2D eigenvalue weighted by molar-refractivity contribution is -0.206. The molecule has 2 atom stereocenters. The van der Waals surface area contributed by atoms with E-state index in [1.807, 2.05) is 0 Å². The number of methoxy groups -OCH3 is 1. The molecule has 0 bridgehead atoms. The molecule has 4 nitrogen and oxygen atoms in total. The van der Waals surface area contributed by atoms with Crippen LogP contribution in [0.3, 0.4) is 0 Å². The first kappa shape index (κ1) is 14.7. The van der Waals surface area contributed by atoms with Crippen LogP contribution in [0.2, 0.25) is 0 Å². The Morgan fingerprint density at radius 2 is 1.75 bits per heavy atom. The Balaban J connectivity index is 4.48. The van der Waals surface area contributed by atoms with Crippen molar-refractivity contribution in [3.63, 3.8) is 0 Å². The Morgan fingerprint density at radius 1 is 1.25 bits per heavy atom. The van der Waals surface area contributed by atoms with Gasteiger partial charge in [-0.15, -0.1) is 0 Å². The van der Waals surface area contributed by atoms with Crippen LogP contribution in [0.4, 0.5) is 17.6 Å². The first-order chi connectivity index (χ1) is 7.23. The summed E-state index contributed by atoms with van der Waals surface area (Å²) in [5, 5.41) is 0. The normalized spacial score (nSPS) is 15.1. The van der Waals surface area contributed by atoms with Crippen molar-refractivity contribution >= 4 is 11.9 Å². The number of carbonyl (C=O) groups is 2. The van der Waals surface area contributed by atoms with Crippen molar-refractivity contribution in [3.05, 3.63) is 0 Å². The van der Waals surface area contributed by atoms with Gasteiger partial charge < -0.3 is 9.47 Å². The maximum absolute atomic E-state index is 12.4. The van der Waals surface area contributed by atoms with Gasteiger partial charge in [-0.05, 0) is 6.42 Å². The lowest BCUT2D eigenvalue weighted by atomic mass is 10.3. The van der Waals surface area contributed by atoms with Gasteiger partial charge in [0.25, 0.3) is 6.17 Å². The van der Waals surface area contributed by atoms with Crippen LogP contribution in [0.15, 0.2) is 0 Å². The van der Waals surface area contributed by atoms with Crippen LogP contribution in [0.5, 0.6) is 0 Å². The second-order valence-electron chi connectivity index (χ2n) is 2.76. The molecule has 0 aromatic carbocycles.